The summed E-state index contributed by atoms with van der Waals surface area (Å²) in [5, 5.41) is 6.25. The molecule has 0 bridgehead atoms. The van der Waals surface area contributed by atoms with Crippen molar-refractivity contribution >= 4 is 11.6 Å². The third kappa shape index (κ3) is 3.21. The molecule has 1 aromatic heterocycles. The van der Waals surface area contributed by atoms with Gasteiger partial charge in [-0.3, -0.25) is 9.78 Å². The largest absolute Gasteiger partial charge is 0.382 e. The number of rotatable bonds is 5. The van der Waals surface area contributed by atoms with E-state index < -0.39 is 0 Å². The summed E-state index contributed by atoms with van der Waals surface area (Å²) in [6.07, 6.45) is 2.80. The van der Waals surface area contributed by atoms with Gasteiger partial charge in [0.1, 0.15) is 5.69 Å². The van der Waals surface area contributed by atoms with Gasteiger partial charge in [0.05, 0.1) is 0 Å². The van der Waals surface area contributed by atoms with Crippen LogP contribution in [0.2, 0.25) is 0 Å². The fourth-order valence-electron chi connectivity index (χ4n) is 2.53. The number of carbonyl (C=O) groups is 1. The Hall–Kier alpha value is -2.36. The normalized spacial score (nSPS) is 19.9. The van der Waals surface area contributed by atoms with Gasteiger partial charge in [-0.15, -0.1) is 0 Å². The number of pyridine rings is 1. The lowest BCUT2D eigenvalue weighted by Gasteiger charge is -2.08. The smallest absolute Gasteiger partial charge is 0.269 e. The van der Waals surface area contributed by atoms with E-state index in [2.05, 4.69) is 39.9 Å². The highest BCUT2D eigenvalue weighted by atomic mass is 16.1. The Labute approximate surface area is 124 Å². The van der Waals surface area contributed by atoms with Gasteiger partial charge in [0.2, 0.25) is 0 Å². The van der Waals surface area contributed by atoms with Crippen LogP contribution in [-0.2, 0) is 0 Å². The first-order chi connectivity index (χ1) is 10.3. The number of anilines is 1. The van der Waals surface area contributed by atoms with Gasteiger partial charge in [-0.25, -0.2) is 0 Å². The minimum atomic E-state index is -0.128. The lowest BCUT2D eigenvalue weighted by Crippen LogP contribution is -2.23. The Kier molecular flexibility index (Phi) is 3.86. The highest BCUT2D eigenvalue weighted by Gasteiger charge is 2.38. The maximum absolute atomic E-state index is 11.8. The van der Waals surface area contributed by atoms with Crippen molar-refractivity contribution in [2.45, 2.75) is 25.3 Å². The van der Waals surface area contributed by atoms with Gasteiger partial charge in [-0.05, 0) is 31.0 Å². The number of hydrogen-bond acceptors (Lipinski definition) is 3. The van der Waals surface area contributed by atoms with E-state index >= 15 is 0 Å². The molecule has 0 aliphatic heterocycles. The summed E-state index contributed by atoms with van der Waals surface area (Å²) in [7, 11) is 0. The maximum Gasteiger partial charge on any atom is 0.269 e. The molecule has 2 atom stereocenters. The fraction of sp³-hybridized carbons (Fsp3) is 0.294. The molecule has 1 aliphatic rings. The van der Waals surface area contributed by atoms with E-state index in [4.69, 9.17) is 0 Å². The first-order valence-corrected chi connectivity index (χ1v) is 7.33. The molecular formula is C17H19N3O. The van der Waals surface area contributed by atoms with Crippen molar-refractivity contribution < 1.29 is 4.79 Å². The van der Waals surface area contributed by atoms with Crippen molar-refractivity contribution in [2.24, 2.45) is 0 Å². The summed E-state index contributed by atoms with van der Waals surface area (Å²) in [5.74, 6) is 0.434. The zero-order valence-corrected chi connectivity index (χ0v) is 12.0. The molecule has 1 heterocycles. The van der Waals surface area contributed by atoms with E-state index in [-0.39, 0.29) is 5.91 Å². The summed E-state index contributed by atoms with van der Waals surface area (Å²) in [4.78, 5) is 15.9. The van der Waals surface area contributed by atoms with Crippen LogP contribution < -0.4 is 10.6 Å². The summed E-state index contributed by atoms with van der Waals surface area (Å²) < 4.78 is 0. The SMILES string of the molecule is CCNC(=O)c1cc(NC2CC2c2ccccc2)ccn1. The molecule has 1 aromatic carbocycles. The second kappa shape index (κ2) is 5.95. The van der Waals surface area contributed by atoms with Crippen LogP contribution in [0.1, 0.15) is 35.3 Å². The molecule has 3 rings (SSSR count). The van der Waals surface area contributed by atoms with E-state index in [1.165, 1.54) is 5.56 Å². The van der Waals surface area contributed by atoms with Gasteiger partial charge < -0.3 is 10.6 Å². The summed E-state index contributed by atoms with van der Waals surface area (Å²) in [6, 6.07) is 14.7. The number of nitrogens with zero attached hydrogens (tertiary/aromatic N) is 1. The number of nitrogens with one attached hydrogen (secondary N) is 2. The third-order valence-electron chi connectivity index (χ3n) is 3.70. The zero-order chi connectivity index (χ0) is 14.7. The molecule has 1 aliphatic carbocycles. The van der Waals surface area contributed by atoms with Gasteiger partial charge in [-0.2, -0.15) is 0 Å². The lowest BCUT2D eigenvalue weighted by molar-refractivity contribution is 0.0951. The van der Waals surface area contributed by atoms with Crippen molar-refractivity contribution in [1.82, 2.24) is 10.3 Å². The minimum Gasteiger partial charge on any atom is -0.382 e. The predicted molar refractivity (Wildman–Crippen MR) is 83.5 cm³/mol. The van der Waals surface area contributed by atoms with E-state index in [1.807, 2.05) is 25.1 Å². The molecule has 4 nitrogen and oxygen atoms in total. The molecule has 0 saturated heterocycles. The lowest BCUT2D eigenvalue weighted by atomic mass is 10.1. The summed E-state index contributed by atoms with van der Waals surface area (Å²) in [5.41, 5.74) is 2.78. The zero-order valence-electron chi connectivity index (χ0n) is 12.0. The Morgan fingerprint density at radius 3 is 2.86 bits per heavy atom. The van der Waals surface area contributed by atoms with Crippen LogP contribution in [0, 0.1) is 0 Å². The molecule has 1 amide bonds. The predicted octanol–water partition coefficient (Wildman–Crippen LogP) is 2.80. The number of aromatic nitrogens is 1. The molecular weight excluding hydrogens is 262 g/mol. The standard InChI is InChI=1S/C17H19N3O/c1-2-18-17(21)16-10-13(8-9-19-16)20-15-11-14(15)12-6-4-3-5-7-12/h3-10,14-15H,2,11H2,1H3,(H,18,21)(H,19,20). The van der Waals surface area contributed by atoms with Crippen LogP contribution in [0.3, 0.4) is 0 Å². The highest BCUT2D eigenvalue weighted by Crippen LogP contribution is 2.42. The second-order valence-corrected chi connectivity index (χ2v) is 5.29. The fourth-order valence-corrected chi connectivity index (χ4v) is 2.53. The number of carbonyl (C=O) groups excluding carboxylic acids is 1. The topological polar surface area (TPSA) is 54.0 Å². The molecule has 108 valence electrons. The van der Waals surface area contributed by atoms with E-state index in [0.717, 1.165) is 12.1 Å². The van der Waals surface area contributed by atoms with Crippen molar-refractivity contribution in [2.75, 3.05) is 11.9 Å². The maximum atomic E-state index is 11.8. The van der Waals surface area contributed by atoms with Crippen LogP contribution in [0.15, 0.2) is 48.7 Å². The molecule has 4 heteroatoms. The molecule has 0 radical (unpaired) electrons. The first kappa shape index (κ1) is 13.6. The van der Waals surface area contributed by atoms with Gasteiger partial charge in [0.25, 0.3) is 5.91 Å². The van der Waals surface area contributed by atoms with Crippen LogP contribution >= 0.6 is 0 Å². The van der Waals surface area contributed by atoms with E-state index in [0.29, 0.717) is 24.2 Å². The number of hydrogen-bond donors (Lipinski definition) is 2. The van der Waals surface area contributed by atoms with Gasteiger partial charge in [0.15, 0.2) is 0 Å². The van der Waals surface area contributed by atoms with Gasteiger partial charge in [-0.1, -0.05) is 30.3 Å². The average Bonchev–Trinajstić information content (AvgIpc) is 3.28. The summed E-state index contributed by atoms with van der Waals surface area (Å²) >= 11 is 0. The molecule has 2 unspecified atom stereocenters. The second-order valence-electron chi connectivity index (χ2n) is 5.29. The molecule has 2 N–H and O–H groups in total. The average molecular weight is 281 g/mol. The summed E-state index contributed by atoms with van der Waals surface area (Å²) in [6.45, 7) is 2.51. The van der Waals surface area contributed by atoms with Crippen molar-refractivity contribution in [3.8, 4) is 0 Å². The van der Waals surface area contributed by atoms with Crippen LogP contribution in [0.5, 0.6) is 0 Å². The van der Waals surface area contributed by atoms with Gasteiger partial charge in [0, 0.05) is 30.4 Å². The third-order valence-corrected chi connectivity index (χ3v) is 3.70. The first-order valence-electron chi connectivity index (χ1n) is 7.33. The van der Waals surface area contributed by atoms with Crippen molar-refractivity contribution in [3.63, 3.8) is 0 Å². The monoisotopic (exact) mass is 281 g/mol. The van der Waals surface area contributed by atoms with Crippen LogP contribution in [-0.4, -0.2) is 23.5 Å². The van der Waals surface area contributed by atoms with Crippen LogP contribution in [0.4, 0.5) is 5.69 Å². The minimum absolute atomic E-state index is 0.128. The number of benzene rings is 1. The molecule has 1 fully saturated rings. The van der Waals surface area contributed by atoms with Crippen LogP contribution in [0.25, 0.3) is 0 Å². The quantitative estimate of drug-likeness (QED) is 0.886. The number of amides is 1. The Bertz CT molecular complexity index is 627. The Balaban J connectivity index is 1.64. The van der Waals surface area contributed by atoms with Gasteiger partial charge >= 0.3 is 0 Å². The van der Waals surface area contributed by atoms with Crippen molar-refractivity contribution in [1.29, 1.82) is 0 Å². The van der Waals surface area contributed by atoms with Crippen molar-refractivity contribution in [3.05, 3.63) is 59.9 Å². The molecule has 1 saturated carbocycles. The Morgan fingerprint density at radius 1 is 1.29 bits per heavy atom. The Morgan fingerprint density at radius 2 is 2.10 bits per heavy atom. The molecule has 0 spiro atoms. The highest BCUT2D eigenvalue weighted by molar-refractivity contribution is 5.93. The van der Waals surface area contributed by atoms with E-state index in [9.17, 15) is 4.79 Å². The molecule has 2 aromatic rings. The molecule has 21 heavy (non-hydrogen) atoms. The van der Waals surface area contributed by atoms with E-state index in [1.54, 1.807) is 6.20 Å².